The smallest absolute Gasteiger partial charge is 0.333 e. The van der Waals surface area contributed by atoms with Gasteiger partial charge in [0.2, 0.25) is 0 Å². The summed E-state index contributed by atoms with van der Waals surface area (Å²) < 4.78 is 15.8. The average molecular weight is 167 g/mol. The second-order valence-electron chi connectivity index (χ2n) is 1.83. The lowest BCUT2D eigenvalue weighted by molar-refractivity contribution is -0.109. The van der Waals surface area contributed by atoms with Crippen molar-refractivity contribution in [1.82, 2.24) is 0 Å². The zero-order chi connectivity index (χ0) is 8.91. The molecule has 0 rings (SSSR count). The monoisotopic (exact) mass is 167 g/mol. The van der Waals surface area contributed by atoms with Crippen molar-refractivity contribution in [2.75, 3.05) is 13.3 Å². The molecule has 0 saturated carbocycles. The third kappa shape index (κ3) is 4.08. The molecule has 3 radical (unpaired) electrons. The molecule has 0 aliphatic rings. The number of carbonyl (C=O) groups excluding carboxylic acids is 1. The second kappa shape index (κ2) is 4.43. The fraction of sp³-hybridized carbons (Fsp3) is 0.400. The van der Waals surface area contributed by atoms with Crippen LogP contribution in [0.2, 0.25) is 0 Å². The van der Waals surface area contributed by atoms with Crippen molar-refractivity contribution in [2.45, 2.75) is 0 Å². The normalized spacial score (nSPS) is 14.5. The number of hydrogen-bond donors (Lipinski definition) is 0. The molecule has 0 aromatic rings. The summed E-state index contributed by atoms with van der Waals surface area (Å²) in [6.45, 7) is 1.03. The maximum Gasteiger partial charge on any atom is 0.333 e. The van der Waals surface area contributed by atoms with Gasteiger partial charge in [0.25, 0.3) is 0 Å². The fourth-order valence-corrected chi connectivity index (χ4v) is 1.48. The van der Waals surface area contributed by atoms with Crippen LogP contribution in [0.4, 0.5) is 0 Å². The maximum atomic E-state index is 11.3. The minimum atomic E-state index is -3.09. The van der Waals surface area contributed by atoms with Crippen LogP contribution < -0.4 is 0 Å². The van der Waals surface area contributed by atoms with Crippen LogP contribution >= 0.6 is 7.25 Å². The lowest BCUT2D eigenvalue weighted by atomic mass is 10.1. The van der Waals surface area contributed by atoms with Gasteiger partial charge in [-0.2, -0.15) is 5.82 Å². The van der Waals surface area contributed by atoms with E-state index in [0.717, 1.165) is 7.00 Å². The largest absolute Gasteiger partial charge is 0.338 e. The van der Waals surface area contributed by atoms with Crippen molar-refractivity contribution in [3.63, 3.8) is 0 Å². The predicted molar refractivity (Wildman–Crippen MR) is 44.8 cm³/mol. The van der Waals surface area contributed by atoms with E-state index in [1.807, 2.05) is 5.82 Å². The van der Waals surface area contributed by atoms with Gasteiger partial charge in [-0.3, -0.25) is 0 Å². The summed E-state index contributed by atoms with van der Waals surface area (Å²) in [5.41, 5.74) is -0.693. The maximum absolute atomic E-state index is 11.3. The molecule has 1 unspecified atom stereocenters. The topological polar surface area (TPSA) is 43.4 Å². The van der Waals surface area contributed by atoms with Crippen LogP contribution in [0.5, 0.6) is 0 Å². The Morgan fingerprint density at radius 1 is 1.91 bits per heavy atom. The Balaban J connectivity index is 4.25. The molecule has 1 atom stereocenters. The molecule has 0 heterocycles. The zero-order valence-electron chi connectivity index (χ0n) is 6.11. The van der Waals surface area contributed by atoms with Crippen molar-refractivity contribution in [3.8, 4) is 12.2 Å². The van der Waals surface area contributed by atoms with Crippen LogP contribution in [-0.4, -0.2) is 33.8 Å². The van der Waals surface area contributed by atoms with E-state index in [0.29, 0.717) is 0 Å². The van der Waals surface area contributed by atoms with E-state index in [-0.39, 0.29) is 6.16 Å². The van der Waals surface area contributed by atoms with Crippen LogP contribution in [-0.2, 0) is 13.9 Å². The lowest BCUT2D eigenvalue weighted by Crippen LogP contribution is -2.09. The van der Waals surface area contributed by atoms with Crippen molar-refractivity contribution < 1.29 is 13.9 Å². The zero-order valence-corrected chi connectivity index (χ0v) is 7.01. The van der Waals surface area contributed by atoms with Gasteiger partial charge in [-0.1, -0.05) is 0 Å². The first-order valence-corrected chi connectivity index (χ1v) is 4.65. The molecule has 0 aromatic heterocycles. The summed E-state index contributed by atoms with van der Waals surface area (Å²) in [5, 5.41) is 0. The summed E-state index contributed by atoms with van der Waals surface area (Å²) in [4.78, 5) is 10.3. The minimum absolute atomic E-state index is 0.340. The molecule has 0 aliphatic heterocycles. The van der Waals surface area contributed by atoms with E-state index < -0.39 is 12.9 Å². The number of hydrogen-bond acceptors (Lipinski definition) is 3. The van der Waals surface area contributed by atoms with Crippen LogP contribution in [0, 0.1) is 12.2 Å². The van der Waals surface area contributed by atoms with Crippen molar-refractivity contribution >= 4 is 27.8 Å². The Morgan fingerprint density at radius 2 is 2.45 bits per heavy atom. The van der Waals surface area contributed by atoms with E-state index in [4.69, 9.17) is 14.3 Å². The van der Waals surface area contributed by atoms with Crippen LogP contribution in [0.1, 0.15) is 0 Å². The van der Waals surface area contributed by atoms with E-state index in [9.17, 15) is 9.36 Å². The van der Waals surface area contributed by atoms with Crippen LogP contribution in [0.25, 0.3) is 0 Å². The highest BCUT2D eigenvalue weighted by molar-refractivity contribution is 7.89. The van der Waals surface area contributed by atoms with Crippen LogP contribution in [0.3, 0.4) is 0 Å². The Bertz CT molecular complexity index is 232. The quantitative estimate of drug-likeness (QED) is 0.331. The van der Waals surface area contributed by atoms with Crippen molar-refractivity contribution in [2.24, 2.45) is 0 Å². The van der Waals surface area contributed by atoms with Gasteiger partial charge >= 0.3 is 7.00 Å². The Morgan fingerprint density at radius 3 is 2.73 bits per heavy atom. The highest BCUT2D eigenvalue weighted by Crippen LogP contribution is 2.42. The van der Waals surface area contributed by atoms with Gasteiger partial charge in [0.05, 0.1) is 11.8 Å². The van der Waals surface area contributed by atoms with Gasteiger partial charge in [-0.25, -0.2) is 0 Å². The summed E-state index contributed by atoms with van der Waals surface area (Å²) in [6, 6.07) is 0. The summed E-state index contributed by atoms with van der Waals surface area (Å²) in [7, 11) is 2.93. The molecule has 3 nitrogen and oxygen atoms in total. The summed E-state index contributed by atoms with van der Waals surface area (Å²) >= 11 is 0. The highest BCUT2D eigenvalue weighted by Gasteiger charge is 2.23. The minimum Gasteiger partial charge on any atom is -0.338 e. The number of carbonyl (C=O) groups is 1. The van der Waals surface area contributed by atoms with E-state index in [1.54, 1.807) is 0 Å². The molecule has 6 heteroatoms. The molecule has 0 N–H and O–H groups in total. The number of terminal acetylenes is 1. The van der Waals surface area contributed by atoms with Crippen molar-refractivity contribution in [3.05, 3.63) is 0 Å². The molecule has 0 spiro atoms. The fourth-order valence-electron chi connectivity index (χ4n) is 0.494. The Hall–Kier alpha value is -0.450. The van der Waals surface area contributed by atoms with Crippen LogP contribution in [0.15, 0.2) is 0 Å². The first-order chi connectivity index (χ1) is 5.04. The van der Waals surface area contributed by atoms with Gasteiger partial charge in [0, 0.05) is 7.11 Å². The Kier molecular flexibility index (Phi) is 4.25. The first-order valence-electron chi connectivity index (χ1n) is 2.77. The predicted octanol–water partition coefficient (Wildman–Crippen LogP) is -0.184. The van der Waals surface area contributed by atoms with Gasteiger partial charge in [-0.05, 0) is 0 Å². The molecule has 0 saturated heterocycles. The molecule has 0 bridgehead atoms. The van der Waals surface area contributed by atoms with Gasteiger partial charge in [0.15, 0.2) is 15.1 Å². The lowest BCUT2D eigenvalue weighted by Gasteiger charge is -2.09. The molecule has 0 fully saturated rings. The molecule has 0 amide bonds. The summed E-state index contributed by atoms with van der Waals surface area (Å²) in [5.74, 6) is 2.04. The van der Waals surface area contributed by atoms with Crippen molar-refractivity contribution in [1.29, 1.82) is 0 Å². The summed E-state index contributed by atoms with van der Waals surface area (Å²) in [6.07, 6.45) is 4.52. The molecular formula is C5H6B2O3P. The van der Waals surface area contributed by atoms with Gasteiger partial charge < -0.3 is 13.9 Å². The SMILES string of the molecule is [B]C(=O)CP(=O)([B]C#C)OC. The molecule has 0 aromatic carbocycles. The highest BCUT2D eigenvalue weighted by atomic mass is 31.2. The van der Waals surface area contributed by atoms with Gasteiger partial charge in [0.1, 0.15) is 0 Å². The second-order valence-corrected chi connectivity index (χ2v) is 4.22. The van der Waals surface area contributed by atoms with E-state index >= 15 is 0 Å². The molecule has 0 aliphatic carbocycles. The molecule has 11 heavy (non-hydrogen) atoms. The first kappa shape index (κ1) is 10.5. The van der Waals surface area contributed by atoms with E-state index in [2.05, 4.69) is 4.52 Å². The average Bonchev–Trinajstić information content (AvgIpc) is 1.87. The Labute approximate surface area is 67.9 Å². The molecule has 55 valence electrons. The van der Waals surface area contributed by atoms with Gasteiger partial charge in [-0.15, -0.1) is 6.42 Å². The van der Waals surface area contributed by atoms with E-state index in [1.165, 1.54) is 7.11 Å². The number of rotatable bonds is 4. The third-order valence-electron chi connectivity index (χ3n) is 0.956. The molecular weight excluding hydrogens is 161 g/mol. The standard InChI is InChI=1S/C5H6B2O3P/c1-3-7-11(9,10-2)4-5(6)8/h1H,4H2,2H3. The third-order valence-corrected chi connectivity index (χ3v) is 2.87.